The summed E-state index contributed by atoms with van der Waals surface area (Å²) in [6.07, 6.45) is 1.77. The summed E-state index contributed by atoms with van der Waals surface area (Å²) in [7, 11) is 1.69. The lowest BCUT2D eigenvalue weighted by atomic mass is 10.2. The second-order valence-corrected chi connectivity index (χ2v) is 4.29. The molecule has 5 nitrogen and oxygen atoms in total. The Morgan fingerprint density at radius 2 is 2.00 bits per heavy atom. The molecule has 0 atom stereocenters. The van der Waals surface area contributed by atoms with Crippen LogP contribution in [0.5, 0.6) is 0 Å². The highest BCUT2D eigenvalue weighted by molar-refractivity contribution is 4.95. The lowest BCUT2D eigenvalue weighted by molar-refractivity contribution is 0.194. The van der Waals surface area contributed by atoms with E-state index in [9.17, 15) is 0 Å². The van der Waals surface area contributed by atoms with E-state index in [1.807, 2.05) is 4.57 Å². The van der Waals surface area contributed by atoms with Gasteiger partial charge in [0.2, 0.25) is 0 Å². The number of methoxy groups -OCH3 is 1. The number of rotatable bonds is 7. The van der Waals surface area contributed by atoms with Gasteiger partial charge in [0.15, 0.2) is 5.82 Å². The van der Waals surface area contributed by atoms with Crippen molar-refractivity contribution in [1.82, 2.24) is 14.8 Å². The zero-order valence-corrected chi connectivity index (χ0v) is 10.3. The van der Waals surface area contributed by atoms with Crippen LogP contribution in [-0.2, 0) is 24.3 Å². The summed E-state index contributed by atoms with van der Waals surface area (Å²) in [4.78, 5) is 0. The number of aryl methyl sites for hydroxylation is 1. The summed E-state index contributed by atoms with van der Waals surface area (Å²) in [6, 6.07) is 0. The first-order valence-electron chi connectivity index (χ1n) is 5.69. The molecule has 0 aliphatic carbocycles. The Bertz CT molecular complexity index is 310. The third-order valence-electron chi connectivity index (χ3n) is 2.34. The zero-order chi connectivity index (χ0) is 12.0. The van der Waals surface area contributed by atoms with Crippen LogP contribution in [0, 0.1) is 5.92 Å². The molecule has 0 aliphatic rings. The number of ether oxygens (including phenoxy) is 1. The van der Waals surface area contributed by atoms with Crippen molar-refractivity contribution in [2.24, 2.45) is 5.92 Å². The van der Waals surface area contributed by atoms with Crippen LogP contribution in [0.25, 0.3) is 0 Å². The Hall–Kier alpha value is -0.940. The minimum atomic E-state index is -0.0516. The molecular weight excluding hydrogens is 206 g/mol. The van der Waals surface area contributed by atoms with Gasteiger partial charge in [-0.2, -0.15) is 0 Å². The van der Waals surface area contributed by atoms with Crippen molar-refractivity contribution in [3.63, 3.8) is 0 Å². The summed E-state index contributed by atoms with van der Waals surface area (Å²) in [6.45, 7) is 5.80. The molecule has 92 valence electrons. The van der Waals surface area contributed by atoms with E-state index in [0.29, 0.717) is 11.7 Å². The quantitative estimate of drug-likeness (QED) is 0.706. The van der Waals surface area contributed by atoms with Crippen molar-refractivity contribution >= 4 is 0 Å². The van der Waals surface area contributed by atoms with E-state index < -0.39 is 0 Å². The number of hydrogen-bond donors (Lipinski definition) is 1. The van der Waals surface area contributed by atoms with Gasteiger partial charge in [0.25, 0.3) is 0 Å². The fourth-order valence-corrected chi connectivity index (χ4v) is 1.62. The second-order valence-electron chi connectivity index (χ2n) is 4.29. The molecule has 0 aromatic carbocycles. The number of aromatic nitrogens is 3. The molecule has 0 saturated carbocycles. The third-order valence-corrected chi connectivity index (χ3v) is 2.34. The van der Waals surface area contributed by atoms with Gasteiger partial charge in [0.05, 0.1) is 0 Å². The fraction of sp³-hybridized carbons (Fsp3) is 0.818. The monoisotopic (exact) mass is 227 g/mol. The van der Waals surface area contributed by atoms with Gasteiger partial charge in [-0.25, -0.2) is 0 Å². The van der Waals surface area contributed by atoms with Gasteiger partial charge in [-0.05, 0) is 12.3 Å². The van der Waals surface area contributed by atoms with E-state index in [1.54, 1.807) is 7.11 Å². The molecule has 1 aromatic heterocycles. The topological polar surface area (TPSA) is 60.2 Å². The van der Waals surface area contributed by atoms with Crippen LogP contribution >= 0.6 is 0 Å². The predicted octanol–water partition coefficient (Wildman–Crippen LogP) is 1.01. The van der Waals surface area contributed by atoms with Crippen LogP contribution in [0.4, 0.5) is 0 Å². The van der Waals surface area contributed by atoms with E-state index in [1.165, 1.54) is 0 Å². The predicted molar refractivity (Wildman–Crippen MR) is 61.0 cm³/mol. The average Bonchev–Trinajstić information content (AvgIpc) is 2.61. The van der Waals surface area contributed by atoms with Crippen LogP contribution in [0.15, 0.2) is 0 Å². The first-order chi connectivity index (χ1) is 7.69. The molecule has 0 unspecified atom stereocenters. The Labute approximate surface area is 96.5 Å². The summed E-state index contributed by atoms with van der Waals surface area (Å²) < 4.78 is 7.03. The van der Waals surface area contributed by atoms with Gasteiger partial charge in [-0.1, -0.05) is 13.8 Å². The maximum atomic E-state index is 9.17. The Morgan fingerprint density at radius 3 is 2.56 bits per heavy atom. The molecule has 1 heterocycles. The molecule has 0 radical (unpaired) electrons. The molecule has 0 spiro atoms. The van der Waals surface area contributed by atoms with E-state index in [2.05, 4.69) is 24.0 Å². The van der Waals surface area contributed by atoms with Crippen molar-refractivity contribution in [3.05, 3.63) is 11.6 Å². The van der Waals surface area contributed by atoms with Crippen molar-refractivity contribution in [3.8, 4) is 0 Å². The van der Waals surface area contributed by atoms with E-state index >= 15 is 0 Å². The molecule has 1 rings (SSSR count). The molecule has 0 amide bonds. The minimum Gasteiger partial charge on any atom is -0.388 e. The summed E-state index contributed by atoms with van der Waals surface area (Å²) >= 11 is 0. The highest BCUT2D eigenvalue weighted by atomic mass is 16.5. The maximum Gasteiger partial charge on any atom is 0.158 e. The standard InChI is InChI=1S/C11H21N3O2/c1-9(2)7-14-10(5-4-6-16-3)12-13-11(14)8-15/h9,15H,4-8H2,1-3H3. The number of nitrogens with zero attached hydrogens (tertiary/aromatic N) is 3. The van der Waals surface area contributed by atoms with Gasteiger partial charge < -0.3 is 14.4 Å². The molecule has 1 aromatic rings. The average molecular weight is 227 g/mol. The first-order valence-corrected chi connectivity index (χ1v) is 5.69. The molecule has 5 heteroatoms. The van der Waals surface area contributed by atoms with E-state index in [0.717, 1.165) is 31.8 Å². The summed E-state index contributed by atoms with van der Waals surface area (Å²) in [5.41, 5.74) is 0. The normalized spacial score (nSPS) is 11.3. The number of hydrogen-bond acceptors (Lipinski definition) is 4. The second kappa shape index (κ2) is 6.60. The van der Waals surface area contributed by atoms with Crippen LogP contribution in [0.3, 0.4) is 0 Å². The van der Waals surface area contributed by atoms with Gasteiger partial charge >= 0.3 is 0 Å². The maximum absolute atomic E-state index is 9.17. The molecule has 0 fully saturated rings. The minimum absolute atomic E-state index is 0.0516. The van der Waals surface area contributed by atoms with Gasteiger partial charge in [0, 0.05) is 26.7 Å². The van der Waals surface area contributed by atoms with Crippen LogP contribution in [0.2, 0.25) is 0 Å². The summed E-state index contributed by atoms with van der Waals surface area (Å²) in [5, 5.41) is 17.3. The molecule has 1 N–H and O–H groups in total. The van der Waals surface area contributed by atoms with E-state index in [4.69, 9.17) is 9.84 Å². The molecular formula is C11H21N3O2. The van der Waals surface area contributed by atoms with Crippen molar-refractivity contribution in [2.75, 3.05) is 13.7 Å². The number of aliphatic hydroxyl groups is 1. The lowest BCUT2D eigenvalue weighted by Gasteiger charge is -2.11. The molecule has 0 saturated heterocycles. The summed E-state index contributed by atoms with van der Waals surface area (Å²) in [5.74, 6) is 2.11. The van der Waals surface area contributed by atoms with Gasteiger partial charge in [0.1, 0.15) is 12.4 Å². The smallest absolute Gasteiger partial charge is 0.158 e. The molecule has 0 aliphatic heterocycles. The lowest BCUT2D eigenvalue weighted by Crippen LogP contribution is -2.12. The largest absolute Gasteiger partial charge is 0.388 e. The van der Waals surface area contributed by atoms with Gasteiger partial charge in [-0.15, -0.1) is 10.2 Å². The fourth-order valence-electron chi connectivity index (χ4n) is 1.62. The van der Waals surface area contributed by atoms with Crippen LogP contribution in [0.1, 0.15) is 31.9 Å². The highest BCUT2D eigenvalue weighted by Crippen LogP contribution is 2.09. The van der Waals surface area contributed by atoms with Crippen molar-refractivity contribution < 1.29 is 9.84 Å². The van der Waals surface area contributed by atoms with Crippen molar-refractivity contribution in [1.29, 1.82) is 0 Å². The Morgan fingerprint density at radius 1 is 1.31 bits per heavy atom. The SMILES string of the molecule is COCCCc1nnc(CO)n1CC(C)C. The molecule has 0 bridgehead atoms. The Balaban J connectivity index is 2.70. The van der Waals surface area contributed by atoms with Crippen LogP contribution < -0.4 is 0 Å². The third kappa shape index (κ3) is 3.57. The zero-order valence-electron chi connectivity index (χ0n) is 10.3. The Kier molecular flexibility index (Phi) is 5.42. The van der Waals surface area contributed by atoms with Gasteiger partial charge in [-0.3, -0.25) is 0 Å². The van der Waals surface area contributed by atoms with E-state index in [-0.39, 0.29) is 6.61 Å². The van der Waals surface area contributed by atoms with Crippen LogP contribution in [-0.4, -0.2) is 33.6 Å². The molecule has 16 heavy (non-hydrogen) atoms. The van der Waals surface area contributed by atoms with Crippen molar-refractivity contribution in [2.45, 2.75) is 39.8 Å². The first kappa shape index (κ1) is 13.1. The highest BCUT2D eigenvalue weighted by Gasteiger charge is 2.11. The number of aliphatic hydroxyl groups excluding tert-OH is 1.